The number of benzene rings is 1. The van der Waals surface area contributed by atoms with Crippen molar-refractivity contribution in [2.24, 2.45) is 0 Å². The fraction of sp³-hybridized carbons (Fsp3) is 0.312. The lowest BCUT2D eigenvalue weighted by Crippen LogP contribution is -2.27. The van der Waals surface area contributed by atoms with Crippen LogP contribution in [-0.2, 0) is 14.3 Å². The molecule has 0 unspecified atom stereocenters. The molecular formula is C16H17NO4S. The van der Waals surface area contributed by atoms with Crippen molar-refractivity contribution >= 4 is 23.3 Å². The maximum Gasteiger partial charge on any atom is 0.347 e. The number of aryl methyl sites for hydroxylation is 1. The first-order valence-electron chi connectivity index (χ1n) is 6.86. The van der Waals surface area contributed by atoms with Crippen molar-refractivity contribution in [1.29, 1.82) is 0 Å². The van der Waals surface area contributed by atoms with Gasteiger partial charge in [0.05, 0.1) is 12.7 Å². The Hall–Kier alpha value is -2.21. The molecule has 0 N–H and O–H groups in total. The molecule has 0 radical (unpaired) electrons. The lowest BCUT2D eigenvalue weighted by molar-refractivity contribution is -0.151. The standard InChI is InChI=1S/C16H17NO4S/c1-4-13(16(19)20-3)21-15(18)12-7-5-11(6-8-12)14-17-10(2)9-22-14/h5-9,13H,4H2,1-3H3/t13-/m1/s1. The Morgan fingerprint density at radius 2 is 1.95 bits per heavy atom. The van der Waals surface area contributed by atoms with Crippen molar-refractivity contribution in [3.8, 4) is 10.6 Å². The molecule has 0 saturated carbocycles. The third-order valence-corrected chi connectivity index (χ3v) is 4.08. The van der Waals surface area contributed by atoms with Crippen LogP contribution >= 0.6 is 11.3 Å². The van der Waals surface area contributed by atoms with Crippen LogP contribution in [0.25, 0.3) is 10.6 Å². The number of rotatable bonds is 5. The van der Waals surface area contributed by atoms with Crippen LogP contribution in [-0.4, -0.2) is 30.1 Å². The number of hydrogen-bond donors (Lipinski definition) is 0. The molecule has 1 aromatic carbocycles. The summed E-state index contributed by atoms with van der Waals surface area (Å²) in [6.07, 6.45) is -0.506. The minimum Gasteiger partial charge on any atom is -0.466 e. The Balaban J connectivity index is 2.09. The average Bonchev–Trinajstić information content (AvgIpc) is 2.98. The van der Waals surface area contributed by atoms with Gasteiger partial charge in [-0.1, -0.05) is 19.1 Å². The monoisotopic (exact) mass is 319 g/mol. The molecule has 2 rings (SSSR count). The molecule has 0 saturated heterocycles. The highest BCUT2D eigenvalue weighted by Gasteiger charge is 2.22. The number of ether oxygens (including phenoxy) is 2. The molecule has 1 aromatic heterocycles. The SMILES string of the molecule is CC[C@@H](OC(=O)c1ccc(-c2nc(C)cs2)cc1)C(=O)OC. The Kier molecular flexibility index (Phi) is 5.27. The van der Waals surface area contributed by atoms with Crippen molar-refractivity contribution in [1.82, 2.24) is 4.98 Å². The minimum atomic E-state index is -0.876. The number of carbonyl (C=O) groups is 2. The second-order valence-corrected chi connectivity index (χ2v) is 5.55. The highest BCUT2D eigenvalue weighted by Crippen LogP contribution is 2.24. The Bertz CT molecular complexity index is 663. The molecule has 0 fully saturated rings. The van der Waals surface area contributed by atoms with Gasteiger partial charge in [0.2, 0.25) is 0 Å². The van der Waals surface area contributed by atoms with Gasteiger partial charge in [0, 0.05) is 16.6 Å². The summed E-state index contributed by atoms with van der Waals surface area (Å²) < 4.78 is 9.76. The zero-order valence-corrected chi connectivity index (χ0v) is 13.5. The van der Waals surface area contributed by atoms with E-state index in [-0.39, 0.29) is 0 Å². The Morgan fingerprint density at radius 1 is 1.27 bits per heavy atom. The maximum atomic E-state index is 12.0. The minimum absolute atomic E-state index is 0.370. The lowest BCUT2D eigenvalue weighted by Gasteiger charge is -2.13. The molecule has 0 aliphatic rings. The van der Waals surface area contributed by atoms with Crippen LogP contribution in [0.15, 0.2) is 29.6 Å². The molecule has 0 bridgehead atoms. The number of nitrogens with zero attached hydrogens (tertiary/aromatic N) is 1. The van der Waals surface area contributed by atoms with Crippen LogP contribution in [0, 0.1) is 6.92 Å². The number of carbonyl (C=O) groups excluding carboxylic acids is 2. The summed E-state index contributed by atoms with van der Waals surface area (Å²) >= 11 is 1.55. The summed E-state index contributed by atoms with van der Waals surface area (Å²) in [7, 11) is 1.27. The molecule has 116 valence electrons. The van der Waals surface area contributed by atoms with E-state index in [9.17, 15) is 9.59 Å². The van der Waals surface area contributed by atoms with E-state index in [0.29, 0.717) is 12.0 Å². The summed E-state index contributed by atoms with van der Waals surface area (Å²) in [5, 5.41) is 2.87. The Morgan fingerprint density at radius 3 is 2.45 bits per heavy atom. The second-order valence-electron chi connectivity index (χ2n) is 4.70. The van der Waals surface area contributed by atoms with Crippen molar-refractivity contribution in [2.45, 2.75) is 26.4 Å². The predicted octanol–water partition coefficient (Wildman–Crippen LogP) is 3.23. The van der Waals surface area contributed by atoms with Crippen LogP contribution in [0.5, 0.6) is 0 Å². The first-order valence-corrected chi connectivity index (χ1v) is 7.74. The van der Waals surface area contributed by atoms with Crippen molar-refractivity contribution in [3.05, 3.63) is 40.9 Å². The summed E-state index contributed by atoms with van der Waals surface area (Å²) in [4.78, 5) is 27.9. The van der Waals surface area contributed by atoms with E-state index < -0.39 is 18.0 Å². The van der Waals surface area contributed by atoms with E-state index in [1.54, 1.807) is 30.4 Å². The fourth-order valence-corrected chi connectivity index (χ4v) is 2.67. The smallest absolute Gasteiger partial charge is 0.347 e. The molecule has 0 aliphatic carbocycles. The molecule has 5 nitrogen and oxygen atoms in total. The predicted molar refractivity (Wildman–Crippen MR) is 83.8 cm³/mol. The molecule has 0 aliphatic heterocycles. The van der Waals surface area contributed by atoms with Gasteiger partial charge in [-0.3, -0.25) is 0 Å². The molecule has 1 heterocycles. The largest absolute Gasteiger partial charge is 0.466 e. The molecule has 2 aromatic rings. The summed E-state index contributed by atoms with van der Waals surface area (Å²) in [6.45, 7) is 3.69. The molecule has 6 heteroatoms. The third kappa shape index (κ3) is 3.71. The number of esters is 2. The van der Waals surface area contributed by atoms with E-state index in [0.717, 1.165) is 16.3 Å². The van der Waals surface area contributed by atoms with Crippen LogP contribution < -0.4 is 0 Å². The lowest BCUT2D eigenvalue weighted by atomic mass is 10.1. The molecule has 1 atom stereocenters. The molecule has 22 heavy (non-hydrogen) atoms. The number of thiazole rings is 1. The van der Waals surface area contributed by atoms with E-state index in [4.69, 9.17) is 4.74 Å². The quantitative estimate of drug-likeness (QED) is 0.792. The van der Waals surface area contributed by atoms with Gasteiger partial charge in [0.25, 0.3) is 0 Å². The first-order chi connectivity index (χ1) is 10.5. The number of aromatic nitrogens is 1. The van der Waals surface area contributed by atoms with Crippen LogP contribution in [0.4, 0.5) is 0 Å². The van der Waals surface area contributed by atoms with Gasteiger partial charge in [0.15, 0.2) is 6.10 Å². The third-order valence-electron chi connectivity index (χ3n) is 3.07. The van der Waals surface area contributed by atoms with Gasteiger partial charge in [-0.15, -0.1) is 11.3 Å². The van der Waals surface area contributed by atoms with Crippen molar-refractivity contribution < 1.29 is 19.1 Å². The second kappa shape index (κ2) is 7.17. The fourth-order valence-electron chi connectivity index (χ4n) is 1.86. The maximum absolute atomic E-state index is 12.0. The van der Waals surface area contributed by atoms with E-state index in [1.807, 2.05) is 24.4 Å². The van der Waals surface area contributed by atoms with Crippen molar-refractivity contribution in [3.63, 3.8) is 0 Å². The highest BCUT2D eigenvalue weighted by atomic mass is 32.1. The zero-order valence-electron chi connectivity index (χ0n) is 12.7. The van der Waals surface area contributed by atoms with Crippen LogP contribution in [0.1, 0.15) is 29.4 Å². The Labute approximate surface area is 132 Å². The highest BCUT2D eigenvalue weighted by molar-refractivity contribution is 7.13. The van der Waals surface area contributed by atoms with Gasteiger partial charge in [-0.25, -0.2) is 14.6 Å². The van der Waals surface area contributed by atoms with Gasteiger partial charge < -0.3 is 9.47 Å². The number of methoxy groups -OCH3 is 1. The normalized spacial score (nSPS) is 11.8. The molecule has 0 amide bonds. The van der Waals surface area contributed by atoms with E-state index in [1.165, 1.54) is 7.11 Å². The van der Waals surface area contributed by atoms with Gasteiger partial charge in [0.1, 0.15) is 5.01 Å². The summed E-state index contributed by atoms with van der Waals surface area (Å²) in [5.74, 6) is -1.09. The van der Waals surface area contributed by atoms with E-state index >= 15 is 0 Å². The molecular weight excluding hydrogens is 302 g/mol. The average molecular weight is 319 g/mol. The first kappa shape index (κ1) is 16.2. The zero-order chi connectivity index (χ0) is 16.1. The summed E-state index contributed by atoms with van der Waals surface area (Å²) in [5.41, 5.74) is 2.29. The van der Waals surface area contributed by atoms with Gasteiger partial charge in [-0.05, 0) is 25.5 Å². The van der Waals surface area contributed by atoms with E-state index in [2.05, 4.69) is 9.72 Å². The van der Waals surface area contributed by atoms with Crippen LogP contribution in [0.2, 0.25) is 0 Å². The van der Waals surface area contributed by atoms with Gasteiger partial charge >= 0.3 is 11.9 Å². The van der Waals surface area contributed by atoms with Crippen LogP contribution in [0.3, 0.4) is 0 Å². The topological polar surface area (TPSA) is 65.5 Å². The molecule has 0 spiro atoms. The summed E-state index contributed by atoms with van der Waals surface area (Å²) in [6, 6.07) is 6.96. The van der Waals surface area contributed by atoms with Gasteiger partial charge in [-0.2, -0.15) is 0 Å². The van der Waals surface area contributed by atoms with Crippen molar-refractivity contribution in [2.75, 3.05) is 7.11 Å². The number of hydrogen-bond acceptors (Lipinski definition) is 6.